The average Bonchev–Trinajstić information content (AvgIpc) is 2.54. The molecule has 0 aliphatic heterocycles. The van der Waals surface area contributed by atoms with Crippen LogP contribution >= 0.6 is 12.6 Å². The molecule has 3 heteroatoms. The van der Waals surface area contributed by atoms with E-state index in [0.717, 1.165) is 23.1 Å². The van der Waals surface area contributed by atoms with Crippen LogP contribution in [0.4, 0.5) is 4.39 Å². The summed E-state index contributed by atoms with van der Waals surface area (Å²) in [4.78, 5) is 0. The molecule has 0 saturated heterocycles. The van der Waals surface area contributed by atoms with Crippen molar-refractivity contribution < 1.29 is 4.39 Å². The van der Waals surface area contributed by atoms with Crippen molar-refractivity contribution >= 4 is 23.5 Å². The Bertz CT molecular complexity index is 462. The third-order valence-electron chi connectivity index (χ3n) is 2.43. The van der Waals surface area contributed by atoms with E-state index in [2.05, 4.69) is 30.2 Å². The second-order valence-corrected chi connectivity index (χ2v) is 3.56. The quantitative estimate of drug-likeness (QED) is 0.725. The van der Waals surface area contributed by atoms with Crippen molar-refractivity contribution in [3.8, 4) is 0 Å². The summed E-state index contributed by atoms with van der Waals surface area (Å²) in [6.07, 6.45) is 0. The minimum absolute atomic E-state index is 0.184. The number of aryl methyl sites for hydroxylation is 1. The predicted molar refractivity (Wildman–Crippen MR) is 60.3 cm³/mol. The van der Waals surface area contributed by atoms with E-state index in [1.165, 1.54) is 6.07 Å². The lowest BCUT2D eigenvalue weighted by molar-refractivity contribution is 0.628. The van der Waals surface area contributed by atoms with Crippen molar-refractivity contribution in [2.24, 2.45) is 0 Å². The van der Waals surface area contributed by atoms with Crippen LogP contribution in [0, 0.1) is 5.82 Å². The van der Waals surface area contributed by atoms with Crippen molar-refractivity contribution in [3.05, 3.63) is 35.8 Å². The summed E-state index contributed by atoms with van der Waals surface area (Å²) in [6.45, 7) is 2.90. The van der Waals surface area contributed by atoms with Gasteiger partial charge in [0.15, 0.2) is 0 Å². The van der Waals surface area contributed by atoms with Crippen LogP contribution < -0.4 is 0 Å². The van der Waals surface area contributed by atoms with Crippen LogP contribution in [-0.4, -0.2) is 4.57 Å². The third kappa shape index (κ3) is 1.42. The molecule has 0 atom stereocenters. The third-order valence-corrected chi connectivity index (χ3v) is 2.75. The lowest BCUT2D eigenvalue weighted by atomic mass is 10.2. The molecule has 0 spiro atoms. The molecule has 74 valence electrons. The molecule has 14 heavy (non-hydrogen) atoms. The Balaban J connectivity index is 2.74. The van der Waals surface area contributed by atoms with Crippen LogP contribution in [0.5, 0.6) is 0 Å². The Morgan fingerprint density at radius 3 is 2.79 bits per heavy atom. The smallest absolute Gasteiger partial charge is 0.125 e. The Morgan fingerprint density at radius 2 is 2.14 bits per heavy atom. The second kappa shape index (κ2) is 3.65. The normalized spacial score (nSPS) is 11.1. The fourth-order valence-corrected chi connectivity index (χ4v) is 2.05. The summed E-state index contributed by atoms with van der Waals surface area (Å²) < 4.78 is 15.1. The van der Waals surface area contributed by atoms with Gasteiger partial charge >= 0.3 is 0 Å². The van der Waals surface area contributed by atoms with Crippen molar-refractivity contribution in [3.63, 3.8) is 0 Å². The molecule has 0 saturated carbocycles. The second-order valence-electron chi connectivity index (χ2n) is 3.24. The van der Waals surface area contributed by atoms with Crippen LogP contribution in [0.25, 0.3) is 10.9 Å². The van der Waals surface area contributed by atoms with Gasteiger partial charge < -0.3 is 4.57 Å². The number of halogens is 1. The van der Waals surface area contributed by atoms with Crippen LogP contribution in [0.15, 0.2) is 24.3 Å². The maximum absolute atomic E-state index is 13.0. The molecule has 0 unspecified atom stereocenters. The minimum Gasteiger partial charge on any atom is -0.344 e. The van der Waals surface area contributed by atoms with Crippen molar-refractivity contribution in [2.45, 2.75) is 19.2 Å². The predicted octanol–water partition coefficient (Wildman–Crippen LogP) is 3.23. The summed E-state index contributed by atoms with van der Waals surface area (Å²) >= 11 is 4.26. The van der Waals surface area contributed by atoms with Crippen molar-refractivity contribution in [2.75, 3.05) is 0 Å². The first-order valence-corrected chi connectivity index (χ1v) is 5.28. The van der Waals surface area contributed by atoms with Crippen molar-refractivity contribution in [1.29, 1.82) is 0 Å². The molecule has 2 rings (SSSR count). The summed E-state index contributed by atoms with van der Waals surface area (Å²) in [5.74, 6) is 0.500. The maximum Gasteiger partial charge on any atom is 0.125 e. The molecular formula is C11H12FNS. The fraction of sp³-hybridized carbons (Fsp3) is 0.273. The van der Waals surface area contributed by atoms with Crippen LogP contribution in [0.3, 0.4) is 0 Å². The monoisotopic (exact) mass is 209 g/mol. The van der Waals surface area contributed by atoms with Gasteiger partial charge in [0.25, 0.3) is 0 Å². The molecule has 2 aromatic rings. The zero-order chi connectivity index (χ0) is 10.1. The Kier molecular flexibility index (Phi) is 2.50. The first-order chi connectivity index (χ1) is 6.76. The highest BCUT2D eigenvalue weighted by Gasteiger charge is 2.06. The maximum atomic E-state index is 13.0. The van der Waals surface area contributed by atoms with Gasteiger partial charge in [0.1, 0.15) is 5.82 Å². The van der Waals surface area contributed by atoms with Gasteiger partial charge in [0, 0.05) is 23.4 Å². The number of benzene rings is 1. The summed E-state index contributed by atoms with van der Waals surface area (Å²) in [7, 11) is 0. The molecule has 1 aromatic carbocycles. The van der Waals surface area contributed by atoms with E-state index < -0.39 is 0 Å². The molecule has 0 radical (unpaired) electrons. The van der Waals surface area contributed by atoms with Gasteiger partial charge in [-0.25, -0.2) is 4.39 Å². The highest BCUT2D eigenvalue weighted by Crippen LogP contribution is 2.21. The van der Waals surface area contributed by atoms with E-state index >= 15 is 0 Å². The van der Waals surface area contributed by atoms with Crippen molar-refractivity contribution in [1.82, 2.24) is 4.57 Å². The summed E-state index contributed by atoms with van der Waals surface area (Å²) in [5.41, 5.74) is 2.09. The molecule has 0 N–H and O–H groups in total. The molecular weight excluding hydrogens is 197 g/mol. The first kappa shape index (κ1) is 9.59. The Labute approximate surface area is 87.9 Å². The largest absolute Gasteiger partial charge is 0.344 e. The van der Waals surface area contributed by atoms with Gasteiger partial charge in [-0.3, -0.25) is 0 Å². The Hall–Kier alpha value is -0.960. The number of fused-ring (bicyclic) bond motifs is 1. The van der Waals surface area contributed by atoms with E-state index in [0.29, 0.717) is 5.75 Å². The SMILES string of the molecule is CCn1c(CS)cc2ccc(F)cc21. The zero-order valence-corrected chi connectivity index (χ0v) is 8.89. The lowest BCUT2D eigenvalue weighted by Crippen LogP contribution is -1.97. The highest BCUT2D eigenvalue weighted by molar-refractivity contribution is 7.79. The van der Waals surface area contributed by atoms with Gasteiger partial charge in [-0.1, -0.05) is 0 Å². The molecule has 0 bridgehead atoms. The number of hydrogen-bond acceptors (Lipinski definition) is 1. The topological polar surface area (TPSA) is 4.93 Å². The Morgan fingerprint density at radius 1 is 1.36 bits per heavy atom. The number of nitrogens with zero attached hydrogens (tertiary/aromatic N) is 1. The van der Waals surface area contributed by atoms with Crippen LogP contribution in [-0.2, 0) is 12.3 Å². The summed E-state index contributed by atoms with van der Waals surface area (Å²) in [6, 6.07) is 6.94. The summed E-state index contributed by atoms with van der Waals surface area (Å²) in [5, 5.41) is 1.08. The first-order valence-electron chi connectivity index (χ1n) is 4.64. The molecule has 0 fully saturated rings. The number of hydrogen-bond donors (Lipinski definition) is 1. The standard InChI is InChI=1S/C11H12FNS/c1-2-13-10(7-14)5-8-3-4-9(12)6-11(8)13/h3-6,14H,2,7H2,1H3. The lowest BCUT2D eigenvalue weighted by Gasteiger charge is -2.04. The molecule has 0 aliphatic carbocycles. The fourth-order valence-electron chi connectivity index (χ4n) is 1.79. The number of thiol groups is 1. The van der Waals surface area contributed by atoms with Crippen LogP contribution in [0.1, 0.15) is 12.6 Å². The molecule has 1 nitrogen and oxygen atoms in total. The molecule has 0 aliphatic rings. The number of rotatable bonds is 2. The molecule has 1 heterocycles. The van der Waals surface area contributed by atoms with Gasteiger partial charge in [0.05, 0.1) is 5.52 Å². The highest BCUT2D eigenvalue weighted by atomic mass is 32.1. The minimum atomic E-state index is -0.184. The molecule has 1 aromatic heterocycles. The van der Waals surface area contributed by atoms with E-state index in [4.69, 9.17) is 0 Å². The van der Waals surface area contributed by atoms with E-state index in [9.17, 15) is 4.39 Å². The van der Waals surface area contributed by atoms with Gasteiger partial charge in [-0.2, -0.15) is 12.6 Å². The van der Waals surface area contributed by atoms with E-state index in [1.807, 2.05) is 6.07 Å². The number of aromatic nitrogens is 1. The van der Waals surface area contributed by atoms with Crippen LogP contribution in [0.2, 0.25) is 0 Å². The average molecular weight is 209 g/mol. The van der Waals surface area contributed by atoms with Gasteiger partial charge in [-0.05, 0) is 31.2 Å². The van der Waals surface area contributed by atoms with Gasteiger partial charge in [0.2, 0.25) is 0 Å². The molecule has 0 amide bonds. The van der Waals surface area contributed by atoms with E-state index in [-0.39, 0.29) is 5.82 Å². The zero-order valence-electron chi connectivity index (χ0n) is 8.00. The van der Waals surface area contributed by atoms with Gasteiger partial charge in [-0.15, -0.1) is 0 Å². The van der Waals surface area contributed by atoms with E-state index in [1.54, 1.807) is 6.07 Å².